The molecule has 2 aromatic rings. The number of hydrogen-bond donors (Lipinski definition) is 2. The Morgan fingerprint density at radius 1 is 1.23 bits per heavy atom. The lowest BCUT2D eigenvalue weighted by molar-refractivity contribution is -0.137. The van der Waals surface area contributed by atoms with E-state index < -0.39 is 5.97 Å². The molecule has 1 atom stereocenters. The Morgan fingerprint density at radius 2 is 1.96 bits per heavy atom. The number of carbonyl (C=O) groups is 2. The first-order chi connectivity index (χ1) is 12.4. The van der Waals surface area contributed by atoms with Crippen LogP contribution in [-0.2, 0) is 11.2 Å². The number of carbonyl (C=O) groups excluding carboxylic acids is 1. The molecule has 0 saturated heterocycles. The molecule has 0 aliphatic rings. The Balaban J connectivity index is 2.15. The highest BCUT2D eigenvalue weighted by Crippen LogP contribution is 2.27. The maximum absolute atomic E-state index is 13.0. The predicted octanol–water partition coefficient (Wildman–Crippen LogP) is 5.53. The predicted molar refractivity (Wildman–Crippen MR) is 106 cm³/mol. The van der Waals surface area contributed by atoms with Crippen LogP contribution in [0.3, 0.4) is 0 Å². The van der Waals surface area contributed by atoms with Crippen LogP contribution in [0.5, 0.6) is 0 Å². The van der Waals surface area contributed by atoms with Crippen molar-refractivity contribution in [1.82, 2.24) is 4.98 Å². The fourth-order valence-electron chi connectivity index (χ4n) is 3.30. The van der Waals surface area contributed by atoms with Gasteiger partial charge in [0.05, 0.1) is 0 Å². The van der Waals surface area contributed by atoms with Gasteiger partial charge in [0.1, 0.15) is 0 Å². The second-order valence-electron chi connectivity index (χ2n) is 7.36. The molecular weight excluding hydrogens is 326 g/mol. The topological polar surface area (TPSA) is 70.2 Å². The highest BCUT2D eigenvalue weighted by molar-refractivity contribution is 6.09. The van der Waals surface area contributed by atoms with Gasteiger partial charge in [-0.05, 0) is 51.5 Å². The third-order valence-corrected chi connectivity index (χ3v) is 4.63. The van der Waals surface area contributed by atoms with Gasteiger partial charge in [-0.2, -0.15) is 0 Å². The van der Waals surface area contributed by atoms with Crippen molar-refractivity contribution in [3.8, 4) is 0 Å². The van der Waals surface area contributed by atoms with Gasteiger partial charge in [0.15, 0.2) is 5.78 Å². The third kappa shape index (κ3) is 5.58. The Bertz CT molecular complexity index is 797. The molecule has 2 N–H and O–H groups in total. The summed E-state index contributed by atoms with van der Waals surface area (Å²) < 4.78 is 0. The second-order valence-corrected chi connectivity index (χ2v) is 7.36. The number of carboxylic acid groups (broad SMARTS) is 1. The number of Topliss-reactive ketones (excluding diaryl/α,β-unsaturated/α-hetero) is 1. The van der Waals surface area contributed by atoms with Crippen molar-refractivity contribution in [2.75, 3.05) is 0 Å². The molecule has 1 aromatic carbocycles. The van der Waals surface area contributed by atoms with Gasteiger partial charge >= 0.3 is 5.97 Å². The van der Waals surface area contributed by atoms with E-state index in [0.717, 1.165) is 35.0 Å². The van der Waals surface area contributed by atoms with Gasteiger partial charge in [-0.25, -0.2) is 0 Å². The molecule has 1 heterocycles. The molecule has 0 saturated carbocycles. The van der Waals surface area contributed by atoms with Crippen molar-refractivity contribution in [1.29, 1.82) is 0 Å². The Morgan fingerprint density at radius 3 is 2.65 bits per heavy atom. The first-order valence-electron chi connectivity index (χ1n) is 9.36. The van der Waals surface area contributed by atoms with E-state index in [2.05, 4.69) is 31.8 Å². The molecule has 4 nitrogen and oxygen atoms in total. The first kappa shape index (κ1) is 20.0. The summed E-state index contributed by atoms with van der Waals surface area (Å²) in [6.07, 6.45) is 5.94. The van der Waals surface area contributed by atoms with E-state index in [1.54, 1.807) is 0 Å². The maximum atomic E-state index is 13.0. The number of fused-ring (bicyclic) bond motifs is 1. The van der Waals surface area contributed by atoms with E-state index in [0.29, 0.717) is 25.2 Å². The highest BCUT2D eigenvalue weighted by Gasteiger charge is 2.20. The van der Waals surface area contributed by atoms with Crippen LogP contribution in [0.25, 0.3) is 10.9 Å². The normalized spacial score (nSPS) is 12.1. The molecule has 140 valence electrons. The summed E-state index contributed by atoms with van der Waals surface area (Å²) in [6, 6.07) is 7.81. The third-order valence-electron chi connectivity index (χ3n) is 4.63. The summed E-state index contributed by atoms with van der Waals surface area (Å²) in [5.74, 6) is -0.335. The maximum Gasteiger partial charge on any atom is 0.303 e. The van der Waals surface area contributed by atoms with Crippen LogP contribution in [0.2, 0.25) is 0 Å². The van der Waals surface area contributed by atoms with Gasteiger partial charge in [0.25, 0.3) is 0 Å². The van der Waals surface area contributed by atoms with Crippen molar-refractivity contribution in [2.24, 2.45) is 5.92 Å². The molecule has 0 fully saturated rings. The van der Waals surface area contributed by atoms with Crippen molar-refractivity contribution in [3.63, 3.8) is 0 Å². The minimum atomic E-state index is -0.804. The number of benzene rings is 1. The van der Waals surface area contributed by atoms with Crippen LogP contribution < -0.4 is 0 Å². The highest BCUT2D eigenvalue weighted by atomic mass is 16.4. The van der Waals surface area contributed by atoms with Crippen LogP contribution in [-0.4, -0.2) is 21.8 Å². The molecule has 1 aromatic heterocycles. The van der Waals surface area contributed by atoms with Crippen LogP contribution in [0, 0.1) is 5.92 Å². The summed E-state index contributed by atoms with van der Waals surface area (Å²) in [7, 11) is 0. The zero-order chi connectivity index (χ0) is 19.1. The van der Waals surface area contributed by atoms with Crippen molar-refractivity contribution < 1.29 is 14.7 Å². The lowest BCUT2D eigenvalue weighted by Crippen LogP contribution is -2.08. The minimum absolute atomic E-state index is 0.113. The van der Waals surface area contributed by atoms with E-state index >= 15 is 0 Å². The average Bonchev–Trinajstić information content (AvgIpc) is 2.92. The first-order valence-corrected chi connectivity index (χ1v) is 9.36. The molecule has 2 rings (SSSR count). The molecule has 0 radical (unpaired) electrons. The number of ketones is 1. The van der Waals surface area contributed by atoms with E-state index in [-0.39, 0.29) is 12.2 Å². The number of allylic oxidation sites excluding steroid dienone is 2. The molecule has 0 spiro atoms. The monoisotopic (exact) mass is 355 g/mol. The number of aromatic nitrogens is 1. The lowest BCUT2D eigenvalue weighted by atomic mass is 9.93. The molecule has 4 heteroatoms. The van der Waals surface area contributed by atoms with E-state index in [1.807, 2.05) is 24.3 Å². The number of hydrogen-bond acceptors (Lipinski definition) is 2. The summed E-state index contributed by atoms with van der Waals surface area (Å²) in [5, 5.41) is 9.81. The van der Waals surface area contributed by atoms with Gasteiger partial charge < -0.3 is 10.1 Å². The standard InChI is InChI=1S/C22H29NO3/c1-15(2)8-6-9-16(3)14-20(24)22-17-10-4-5-11-18(17)23-19(22)12-7-13-21(25)26/h4-5,8,10-11,16,23H,6-7,9,12-14H2,1-3H3,(H,25,26). The number of H-pyrrole nitrogens is 1. The molecule has 1 unspecified atom stereocenters. The molecule has 0 aliphatic carbocycles. The fraction of sp³-hybridized carbons (Fsp3) is 0.455. The zero-order valence-electron chi connectivity index (χ0n) is 16.0. The Kier molecular flexibility index (Phi) is 7.19. The number of aryl methyl sites for hydroxylation is 1. The van der Waals surface area contributed by atoms with Gasteiger partial charge in [-0.3, -0.25) is 9.59 Å². The number of rotatable bonds is 10. The molecule has 0 aliphatic heterocycles. The van der Waals surface area contributed by atoms with Gasteiger partial charge in [0, 0.05) is 35.0 Å². The molecule has 0 bridgehead atoms. The minimum Gasteiger partial charge on any atom is -0.481 e. The number of aromatic amines is 1. The van der Waals surface area contributed by atoms with Gasteiger partial charge in [0.2, 0.25) is 0 Å². The quantitative estimate of drug-likeness (QED) is 0.435. The van der Waals surface area contributed by atoms with Gasteiger partial charge in [-0.15, -0.1) is 0 Å². The number of nitrogens with one attached hydrogen (secondary N) is 1. The summed E-state index contributed by atoms with van der Waals surface area (Å²) in [5.41, 5.74) is 3.87. The second kappa shape index (κ2) is 9.37. The SMILES string of the molecule is CC(C)=CCCC(C)CC(=O)c1c(CCCC(=O)O)[nH]c2ccccc12. The summed E-state index contributed by atoms with van der Waals surface area (Å²) >= 11 is 0. The van der Waals surface area contributed by atoms with Crippen molar-refractivity contribution in [2.45, 2.75) is 59.3 Å². The Hall–Kier alpha value is -2.36. The number of para-hydroxylation sites is 1. The summed E-state index contributed by atoms with van der Waals surface area (Å²) in [4.78, 5) is 27.1. The number of aliphatic carboxylic acids is 1. The zero-order valence-corrected chi connectivity index (χ0v) is 16.0. The molecule has 26 heavy (non-hydrogen) atoms. The lowest BCUT2D eigenvalue weighted by Gasteiger charge is -2.10. The molecule has 0 amide bonds. The number of carboxylic acids is 1. The van der Waals surface area contributed by atoms with E-state index in [1.165, 1.54) is 5.57 Å². The van der Waals surface area contributed by atoms with Gasteiger partial charge in [-0.1, -0.05) is 36.8 Å². The van der Waals surface area contributed by atoms with Crippen LogP contribution in [0.4, 0.5) is 0 Å². The van der Waals surface area contributed by atoms with Crippen LogP contribution >= 0.6 is 0 Å². The van der Waals surface area contributed by atoms with Crippen LogP contribution in [0.1, 0.15) is 68.9 Å². The largest absolute Gasteiger partial charge is 0.481 e. The smallest absolute Gasteiger partial charge is 0.303 e. The average molecular weight is 355 g/mol. The van der Waals surface area contributed by atoms with Crippen molar-refractivity contribution >= 4 is 22.7 Å². The fourth-order valence-corrected chi connectivity index (χ4v) is 3.30. The summed E-state index contributed by atoms with van der Waals surface area (Å²) in [6.45, 7) is 6.30. The van der Waals surface area contributed by atoms with E-state index in [9.17, 15) is 9.59 Å². The van der Waals surface area contributed by atoms with Crippen molar-refractivity contribution in [3.05, 3.63) is 47.2 Å². The molecular formula is C22H29NO3. The Labute approximate surface area is 155 Å². The van der Waals surface area contributed by atoms with Crippen LogP contribution in [0.15, 0.2) is 35.9 Å². The van der Waals surface area contributed by atoms with E-state index in [4.69, 9.17) is 5.11 Å².